The standard InChI is InChI=1S/C16H18F3N3O3/c1-10(8-24-2)20-15(23)14-7-12(21-22-14)9-25-13-5-3-4-11(6-13)16(17,18)19/h3-7,10H,8-9H2,1-2H3,(H,20,23)(H,21,22). The first-order valence-electron chi connectivity index (χ1n) is 7.43. The molecule has 6 nitrogen and oxygen atoms in total. The minimum absolute atomic E-state index is 0.0464. The van der Waals surface area contributed by atoms with Gasteiger partial charge in [0.05, 0.1) is 17.9 Å². The van der Waals surface area contributed by atoms with Crippen LogP contribution < -0.4 is 10.1 Å². The van der Waals surface area contributed by atoms with Gasteiger partial charge in [0, 0.05) is 13.2 Å². The lowest BCUT2D eigenvalue weighted by Crippen LogP contribution is -2.35. The maximum Gasteiger partial charge on any atom is 0.416 e. The van der Waals surface area contributed by atoms with Gasteiger partial charge in [-0.25, -0.2) is 0 Å². The van der Waals surface area contributed by atoms with Crippen LogP contribution in [0.4, 0.5) is 13.2 Å². The molecule has 0 fully saturated rings. The van der Waals surface area contributed by atoms with Crippen LogP contribution in [-0.2, 0) is 17.5 Å². The number of carbonyl (C=O) groups is 1. The molecule has 1 unspecified atom stereocenters. The van der Waals surface area contributed by atoms with Crippen molar-refractivity contribution in [2.45, 2.75) is 25.7 Å². The number of benzene rings is 1. The van der Waals surface area contributed by atoms with Crippen LogP contribution in [0.3, 0.4) is 0 Å². The van der Waals surface area contributed by atoms with Gasteiger partial charge in [0.1, 0.15) is 18.1 Å². The molecule has 1 amide bonds. The summed E-state index contributed by atoms with van der Waals surface area (Å²) in [7, 11) is 1.53. The zero-order chi connectivity index (χ0) is 18.4. The summed E-state index contributed by atoms with van der Waals surface area (Å²) in [6.45, 7) is 2.10. The smallest absolute Gasteiger partial charge is 0.416 e. The summed E-state index contributed by atoms with van der Waals surface area (Å²) in [5.74, 6) is -0.310. The lowest BCUT2D eigenvalue weighted by Gasteiger charge is -2.11. The third-order valence-corrected chi connectivity index (χ3v) is 3.21. The number of methoxy groups -OCH3 is 1. The maximum atomic E-state index is 12.7. The quantitative estimate of drug-likeness (QED) is 0.799. The number of nitrogens with one attached hydrogen (secondary N) is 2. The van der Waals surface area contributed by atoms with Gasteiger partial charge >= 0.3 is 6.18 Å². The van der Waals surface area contributed by atoms with Crippen LogP contribution in [-0.4, -0.2) is 35.9 Å². The maximum absolute atomic E-state index is 12.7. The SMILES string of the molecule is COCC(C)NC(=O)c1cc(COc2cccc(C(F)(F)F)c2)[nH]n1. The average molecular weight is 357 g/mol. The van der Waals surface area contributed by atoms with Gasteiger partial charge in [0.25, 0.3) is 5.91 Å². The van der Waals surface area contributed by atoms with Crippen LogP contribution in [0.2, 0.25) is 0 Å². The Hall–Kier alpha value is -2.55. The monoisotopic (exact) mass is 357 g/mol. The molecule has 0 spiro atoms. The van der Waals surface area contributed by atoms with Gasteiger partial charge in [-0.05, 0) is 31.2 Å². The van der Waals surface area contributed by atoms with E-state index in [-0.39, 0.29) is 30.0 Å². The molecular weight excluding hydrogens is 339 g/mol. The van der Waals surface area contributed by atoms with Crippen LogP contribution in [0, 0.1) is 0 Å². The first-order valence-corrected chi connectivity index (χ1v) is 7.43. The Kier molecular flexibility index (Phi) is 6.02. The van der Waals surface area contributed by atoms with Gasteiger partial charge in [-0.15, -0.1) is 0 Å². The van der Waals surface area contributed by atoms with Crippen molar-refractivity contribution in [2.24, 2.45) is 0 Å². The van der Waals surface area contributed by atoms with Crippen LogP contribution in [0.25, 0.3) is 0 Å². The van der Waals surface area contributed by atoms with Crippen molar-refractivity contribution in [2.75, 3.05) is 13.7 Å². The number of amides is 1. The Balaban J connectivity index is 1.94. The van der Waals surface area contributed by atoms with E-state index in [4.69, 9.17) is 9.47 Å². The first-order chi connectivity index (χ1) is 11.8. The van der Waals surface area contributed by atoms with Gasteiger partial charge < -0.3 is 14.8 Å². The Morgan fingerprint density at radius 3 is 2.80 bits per heavy atom. The summed E-state index contributed by atoms with van der Waals surface area (Å²) in [6.07, 6.45) is -4.43. The zero-order valence-corrected chi connectivity index (χ0v) is 13.7. The highest BCUT2D eigenvalue weighted by molar-refractivity contribution is 5.92. The highest BCUT2D eigenvalue weighted by Gasteiger charge is 2.30. The van der Waals surface area contributed by atoms with Crippen molar-refractivity contribution in [1.82, 2.24) is 15.5 Å². The van der Waals surface area contributed by atoms with Gasteiger partial charge in [-0.1, -0.05) is 6.07 Å². The summed E-state index contributed by atoms with van der Waals surface area (Å²) in [4.78, 5) is 12.0. The fourth-order valence-corrected chi connectivity index (χ4v) is 2.06. The minimum atomic E-state index is -4.43. The van der Waals surface area contributed by atoms with E-state index in [0.29, 0.717) is 12.3 Å². The number of rotatable bonds is 7. The highest BCUT2D eigenvalue weighted by atomic mass is 19.4. The fraction of sp³-hybridized carbons (Fsp3) is 0.375. The molecule has 0 saturated carbocycles. The van der Waals surface area contributed by atoms with E-state index in [0.717, 1.165) is 12.1 Å². The van der Waals surface area contributed by atoms with Crippen molar-refractivity contribution in [3.8, 4) is 5.75 Å². The van der Waals surface area contributed by atoms with Crippen LogP contribution in [0.1, 0.15) is 28.7 Å². The number of carbonyl (C=O) groups excluding carboxylic acids is 1. The number of alkyl halides is 3. The van der Waals surface area contributed by atoms with Crippen molar-refractivity contribution in [3.63, 3.8) is 0 Å². The summed E-state index contributed by atoms with van der Waals surface area (Å²) < 4.78 is 48.2. The largest absolute Gasteiger partial charge is 0.487 e. The molecule has 1 aromatic heterocycles. The molecule has 1 aromatic carbocycles. The number of nitrogens with zero attached hydrogens (tertiary/aromatic N) is 1. The Morgan fingerprint density at radius 1 is 1.36 bits per heavy atom. The normalized spacial score (nSPS) is 12.7. The minimum Gasteiger partial charge on any atom is -0.487 e. The Morgan fingerprint density at radius 2 is 2.12 bits per heavy atom. The number of aromatic nitrogens is 2. The van der Waals surface area contributed by atoms with E-state index in [1.54, 1.807) is 6.92 Å². The molecule has 0 bridgehead atoms. The topological polar surface area (TPSA) is 76.2 Å². The fourth-order valence-electron chi connectivity index (χ4n) is 2.06. The molecule has 0 aliphatic carbocycles. The molecule has 25 heavy (non-hydrogen) atoms. The molecule has 2 rings (SSSR count). The molecule has 0 radical (unpaired) electrons. The van der Waals surface area contributed by atoms with E-state index in [9.17, 15) is 18.0 Å². The summed E-state index contributed by atoms with van der Waals surface area (Å²) in [5, 5.41) is 9.17. The molecule has 9 heteroatoms. The first kappa shape index (κ1) is 18.8. The second-order valence-corrected chi connectivity index (χ2v) is 5.42. The van der Waals surface area contributed by atoms with Crippen LogP contribution in [0.5, 0.6) is 5.75 Å². The average Bonchev–Trinajstić information content (AvgIpc) is 3.02. The Bertz CT molecular complexity index is 716. The van der Waals surface area contributed by atoms with Crippen LogP contribution >= 0.6 is 0 Å². The van der Waals surface area contributed by atoms with Gasteiger partial charge in [-0.3, -0.25) is 9.89 Å². The predicted molar refractivity (Wildman–Crippen MR) is 83.2 cm³/mol. The highest BCUT2D eigenvalue weighted by Crippen LogP contribution is 2.31. The second kappa shape index (κ2) is 8.02. The van der Waals surface area contributed by atoms with E-state index in [2.05, 4.69) is 15.5 Å². The summed E-state index contributed by atoms with van der Waals surface area (Å²) in [5.41, 5.74) is -0.172. The number of halogens is 3. The molecule has 136 valence electrons. The third kappa shape index (κ3) is 5.49. The predicted octanol–water partition coefficient (Wildman–Crippen LogP) is 2.77. The van der Waals surface area contributed by atoms with E-state index in [1.807, 2.05) is 0 Å². The number of ether oxygens (including phenoxy) is 2. The van der Waals surface area contributed by atoms with Crippen molar-refractivity contribution in [3.05, 3.63) is 47.3 Å². The summed E-state index contributed by atoms with van der Waals surface area (Å²) >= 11 is 0. The molecule has 1 heterocycles. The van der Waals surface area contributed by atoms with E-state index < -0.39 is 11.7 Å². The lowest BCUT2D eigenvalue weighted by atomic mass is 10.2. The second-order valence-electron chi connectivity index (χ2n) is 5.42. The van der Waals surface area contributed by atoms with E-state index >= 15 is 0 Å². The molecule has 2 aromatic rings. The van der Waals surface area contributed by atoms with Crippen LogP contribution in [0.15, 0.2) is 30.3 Å². The lowest BCUT2D eigenvalue weighted by molar-refractivity contribution is -0.137. The third-order valence-electron chi connectivity index (χ3n) is 3.21. The summed E-state index contributed by atoms with van der Waals surface area (Å²) in [6, 6.07) is 5.86. The molecular formula is C16H18F3N3O3. The number of hydrogen-bond donors (Lipinski definition) is 2. The van der Waals surface area contributed by atoms with Crippen molar-refractivity contribution < 1.29 is 27.4 Å². The number of aromatic amines is 1. The van der Waals surface area contributed by atoms with E-state index in [1.165, 1.54) is 25.3 Å². The molecule has 2 N–H and O–H groups in total. The molecule has 0 aliphatic rings. The van der Waals surface area contributed by atoms with Crippen molar-refractivity contribution in [1.29, 1.82) is 0 Å². The number of H-pyrrole nitrogens is 1. The molecule has 1 atom stereocenters. The van der Waals surface area contributed by atoms with Gasteiger partial charge in [0.2, 0.25) is 0 Å². The van der Waals surface area contributed by atoms with Crippen molar-refractivity contribution >= 4 is 5.91 Å². The zero-order valence-electron chi connectivity index (χ0n) is 13.7. The number of hydrogen-bond acceptors (Lipinski definition) is 4. The Labute approximate surface area is 142 Å². The molecule has 0 aliphatic heterocycles. The molecule has 0 saturated heterocycles. The van der Waals surface area contributed by atoms with Gasteiger partial charge in [-0.2, -0.15) is 18.3 Å². The van der Waals surface area contributed by atoms with Gasteiger partial charge in [0.15, 0.2) is 0 Å².